The van der Waals surface area contributed by atoms with E-state index in [4.69, 9.17) is 16.2 Å². The van der Waals surface area contributed by atoms with Gasteiger partial charge in [0.1, 0.15) is 11.8 Å². The van der Waals surface area contributed by atoms with Crippen molar-refractivity contribution >= 4 is 17.1 Å². The highest BCUT2D eigenvalue weighted by molar-refractivity contribution is 5.70. The van der Waals surface area contributed by atoms with Gasteiger partial charge in [-0.1, -0.05) is 6.08 Å². The molecule has 9 nitrogen and oxygen atoms in total. The van der Waals surface area contributed by atoms with E-state index in [0.29, 0.717) is 12.1 Å². The number of fused-ring (bicyclic) bond motifs is 1. The number of nitrogens with zero attached hydrogens (tertiary/aromatic N) is 3. The minimum absolute atomic E-state index is 0.00441. The Bertz CT molecular complexity index is 763. The quantitative estimate of drug-likeness (QED) is 0.536. The molecule has 2 aromatic rings. The van der Waals surface area contributed by atoms with E-state index >= 15 is 0 Å². The van der Waals surface area contributed by atoms with Crippen LogP contribution in [0.5, 0.6) is 0 Å². The van der Waals surface area contributed by atoms with Crippen LogP contribution in [0.1, 0.15) is 12.6 Å². The first-order valence-corrected chi connectivity index (χ1v) is 6.88. The minimum Gasteiger partial charge on any atom is -0.393 e. The highest BCUT2D eigenvalue weighted by Gasteiger charge is 2.47. The molecule has 3 atom stereocenters. The number of nitrogen functional groups attached to an aromatic ring is 1. The van der Waals surface area contributed by atoms with Crippen LogP contribution in [0.15, 0.2) is 23.8 Å². The summed E-state index contributed by atoms with van der Waals surface area (Å²) in [5.74, 6) is -0.117. The van der Waals surface area contributed by atoms with Crippen molar-refractivity contribution in [2.75, 3.05) is 18.9 Å². The molecule has 3 rings (SSSR count). The summed E-state index contributed by atoms with van der Waals surface area (Å²) in [5, 5.41) is 9.67. The summed E-state index contributed by atoms with van der Waals surface area (Å²) >= 11 is 0. The molecule has 0 radical (unpaired) electrons. The van der Waals surface area contributed by atoms with Crippen molar-refractivity contribution in [2.45, 2.75) is 18.2 Å². The van der Waals surface area contributed by atoms with Gasteiger partial charge in [-0.25, -0.2) is 4.98 Å². The summed E-state index contributed by atoms with van der Waals surface area (Å²) in [7, 11) is 0. The highest BCUT2D eigenvalue weighted by Crippen LogP contribution is 2.41. The fraction of sp³-hybridized carbons (Fsp3) is 0.462. The molecular formula is C13H18N6O3. The predicted molar refractivity (Wildman–Crippen MR) is 79.9 cm³/mol. The van der Waals surface area contributed by atoms with Crippen molar-refractivity contribution in [3.63, 3.8) is 0 Å². The average molecular weight is 306 g/mol. The molecule has 118 valence electrons. The number of aliphatic hydroxyl groups is 1. The van der Waals surface area contributed by atoms with Crippen LogP contribution in [0.4, 0.5) is 5.95 Å². The van der Waals surface area contributed by atoms with E-state index in [1.54, 1.807) is 10.6 Å². The van der Waals surface area contributed by atoms with Gasteiger partial charge in [0.05, 0.1) is 12.9 Å². The number of aromatic amines is 1. The Labute approximate surface area is 125 Å². The number of hydrogen-bond acceptors (Lipinski definition) is 7. The van der Waals surface area contributed by atoms with Crippen molar-refractivity contribution in [3.8, 4) is 0 Å². The molecule has 0 aromatic carbocycles. The van der Waals surface area contributed by atoms with Crippen LogP contribution < -0.4 is 17.0 Å². The largest absolute Gasteiger partial charge is 0.393 e. The molecule has 0 saturated carbocycles. The molecule has 0 spiro atoms. The number of ether oxygens (including phenoxy) is 1. The molecule has 1 aliphatic rings. The van der Waals surface area contributed by atoms with E-state index in [1.165, 1.54) is 6.33 Å². The van der Waals surface area contributed by atoms with Gasteiger partial charge in [-0.05, 0) is 0 Å². The van der Waals surface area contributed by atoms with E-state index in [-0.39, 0.29) is 30.5 Å². The molecule has 1 fully saturated rings. The smallest absolute Gasteiger partial charge is 0.280 e. The summed E-state index contributed by atoms with van der Waals surface area (Å²) in [4.78, 5) is 22.4. The summed E-state index contributed by atoms with van der Waals surface area (Å²) in [5.41, 5.74) is 10.6. The molecule has 22 heavy (non-hydrogen) atoms. The highest BCUT2D eigenvalue weighted by atomic mass is 16.5. The first-order chi connectivity index (χ1) is 10.5. The number of anilines is 1. The molecular weight excluding hydrogens is 288 g/mol. The Morgan fingerprint density at radius 1 is 1.68 bits per heavy atom. The normalized spacial score (nSPS) is 28.3. The Kier molecular flexibility index (Phi) is 3.47. The first kappa shape index (κ1) is 14.7. The molecule has 2 aromatic heterocycles. The Morgan fingerprint density at radius 3 is 3.05 bits per heavy atom. The van der Waals surface area contributed by atoms with Gasteiger partial charge in [0.15, 0.2) is 11.2 Å². The maximum absolute atomic E-state index is 11.8. The summed E-state index contributed by atoms with van der Waals surface area (Å²) in [6.45, 7) is 3.71. The van der Waals surface area contributed by atoms with Crippen LogP contribution in [-0.4, -0.2) is 43.4 Å². The van der Waals surface area contributed by atoms with Gasteiger partial charge in [0.2, 0.25) is 5.95 Å². The fourth-order valence-corrected chi connectivity index (χ4v) is 2.89. The molecule has 3 heterocycles. The zero-order chi connectivity index (χ0) is 15.9. The van der Waals surface area contributed by atoms with E-state index in [1.807, 2.05) is 0 Å². The number of imidazole rings is 1. The average Bonchev–Trinajstić information content (AvgIpc) is 3.08. The van der Waals surface area contributed by atoms with Crippen LogP contribution >= 0.6 is 0 Å². The van der Waals surface area contributed by atoms with E-state index in [2.05, 4.69) is 21.5 Å². The maximum atomic E-state index is 11.8. The molecule has 0 amide bonds. The Hall–Kier alpha value is -2.23. The lowest BCUT2D eigenvalue weighted by atomic mass is 9.88. The third kappa shape index (κ3) is 2.02. The van der Waals surface area contributed by atoms with Gasteiger partial charge in [0.25, 0.3) is 5.56 Å². The fourth-order valence-electron chi connectivity index (χ4n) is 2.89. The summed E-state index contributed by atoms with van der Waals surface area (Å²) in [6.07, 6.45) is 3.27. The van der Waals surface area contributed by atoms with Crippen LogP contribution in [0.25, 0.3) is 11.2 Å². The van der Waals surface area contributed by atoms with Crippen molar-refractivity contribution in [1.29, 1.82) is 0 Å². The van der Waals surface area contributed by atoms with Crippen molar-refractivity contribution in [3.05, 3.63) is 29.3 Å². The number of aromatic nitrogens is 4. The Balaban J connectivity index is 2.06. The standard InChI is InChI=1S/C13H18N6O3/c1-2-7-3-8(22-13(7,4-14)5-20)19-6-16-9-10(19)17-12(15)18-11(9)21/h2,6-8,20H,1,3-5,14H2,(H3,15,17,18,21)/t7-,8+,13+/m0/s1. The first-order valence-electron chi connectivity index (χ1n) is 6.88. The number of rotatable bonds is 4. The van der Waals surface area contributed by atoms with Gasteiger partial charge < -0.3 is 21.3 Å². The number of hydrogen-bond donors (Lipinski definition) is 4. The number of aliphatic hydroxyl groups excluding tert-OH is 1. The molecule has 1 saturated heterocycles. The van der Waals surface area contributed by atoms with Crippen molar-refractivity contribution in [1.82, 2.24) is 19.5 Å². The third-order valence-corrected chi connectivity index (χ3v) is 4.16. The van der Waals surface area contributed by atoms with Crippen LogP contribution in [0.3, 0.4) is 0 Å². The van der Waals surface area contributed by atoms with E-state index in [0.717, 1.165) is 0 Å². The second kappa shape index (κ2) is 5.20. The third-order valence-electron chi connectivity index (χ3n) is 4.16. The second-order valence-corrected chi connectivity index (χ2v) is 5.35. The van der Waals surface area contributed by atoms with Gasteiger partial charge >= 0.3 is 0 Å². The molecule has 0 aliphatic carbocycles. The van der Waals surface area contributed by atoms with Gasteiger partial charge in [-0.3, -0.25) is 14.3 Å². The summed E-state index contributed by atoms with van der Waals surface area (Å²) < 4.78 is 7.60. The van der Waals surface area contributed by atoms with E-state index in [9.17, 15) is 9.90 Å². The summed E-state index contributed by atoms with van der Waals surface area (Å²) in [6, 6.07) is 0. The molecule has 0 bridgehead atoms. The van der Waals surface area contributed by atoms with E-state index < -0.39 is 17.4 Å². The zero-order valence-electron chi connectivity index (χ0n) is 11.9. The minimum atomic E-state index is -0.893. The SMILES string of the molecule is C=C[C@H]1C[C@H](n2cnc3c(=O)[nH]c(N)nc32)O[C@]1(CN)CO. The van der Waals surface area contributed by atoms with Gasteiger partial charge in [-0.15, -0.1) is 6.58 Å². The topological polar surface area (TPSA) is 145 Å². The lowest BCUT2D eigenvalue weighted by molar-refractivity contribution is -0.0993. The lowest BCUT2D eigenvalue weighted by Crippen LogP contribution is -2.46. The molecule has 0 unspecified atom stereocenters. The van der Waals surface area contributed by atoms with Crippen LogP contribution in [-0.2, 0) is 4.74 Å². The Morgan fingerprint density at radius 2 is 2.45 bits per heavy atom. The predicted octanol–water partition coefficient (Wildman–Crippen LogP) is -0.887. The van der Waals surface area contributed by atoms with Crippen LogP contribution in [0, 0.1) is 5.92 Å². The van der Waals surface area contributed by atoms with Gasteiger partial charge in [-0.2, -0.15) is 4.98 Å². The lowest BCUT2D eigenvalue weighted by Gasteiger charge is -2.29. The zero-order valence-corrected chi connectivity index (χ0v) is 11.9. The molecule has 6 N–H and O–H groups in total. The maximum Gasteiger partial charge on any atom is 0.280 e. The monoisotopic (exact) mass is 306 g/mol. The number of H-pyrrole nitrogens is 1. The van der Waals surface area contributed by atoms with Crippen molar-refractivity contribution in [2.24, 2.45) is 11.7 Å². The van der Waals surface area contributed by atoms with Crippen molar-refractivity contribution < 1.29 is 9.84 Å². The number of nitrogens with one attached hydrogen (secondary N) is 1. The van der Waals surface area contributed by atoms with Crippen LogP contribution in [0.2, 0.25) is 0 Å². The van der Waals surface area contributed by atoms with Gasteiger partial charge in [0, 0.05) is 18.9 Å². The number of nitrogens with two attached hydrogens (primary N) is 2. The second-order valence-electron chi connectivity index (χ2n) is 5.35. The molecule has 9 heteroatoms. The molecule has 1 aliphatic heterocycles.